The van der Waals surface area contributed by atoms with Crippen LogP contribution in [0.3, 0.4) is 0 Å². The van der Waals surface area contributed by atoms with Crippen LogP contribution in [0.15, 0.2) is 24.3 Å². The van der Waals surface area contributed by atoms with Crippen LogP contribution in [0.1, 0.15) is 39.6 Å². The first-order valence-electron chi connectivity index (χ1n) is 7.46. The van der Waals surface area contributed by atoms with Gasteiger partial charge in [-0.25, -0.2) is 4.98 Å². The molecule has 1 aromatic heterocycles. The Morgan fingerprint density at radius 3 is 2.43 bits per heavy atom. The van der Waals surface area contributed by atoms with E-state index in [-0.39, 0.29) is 48.7 Å². The minimum absolute atomic E-state index is 0. The van der Waals surface area contributed by atoms with Gasteiger partial charge in [0, 0.05) is 18.5 Å². The third kappa shape index (κ3) is 4.59. The number of benzene rings is 1. The quantitative estimate of drug-likeness (QED) is 0.860. The molecule has 7 heteroatoms. The number of nitrogens with two attached hydrogens (primary N) is 1. The lowest BCUT2D eigenvalue weighted by atomic mass is 10.0. The van der Waals surface area contributed by atoms with Gasteiger partial charge in [-0.15, -0.1) is 24.8 Å². The summed E-state index contributed by atoms with van der Waals surface area (Å²) in [6.45, 7) is 8.54. The number of hydrogen-bond acceptors (Lipinski definition) is 3. The smallest absolute Gasteiger partial charge is 0.224 e. The number of aromatic nitrogens is 2. The van der Waals surface area contributed by atoms with Crippen molar-refractivity contribution in [1.82, 2.24) is 14.9 Å². The number of halogens is 2. The van der Waals surface area contributed by atoms with E-state index >= 15 is 0 Å². The number of fused-ring (bicyclic) bond motifs is 1. The highest BCUT2D eigenvalue weighted by Gasteiger charge is 2.22. The molecule has 0 radical (unpaired) electrons. The lowest BCUT2D eigenvalue weighted by molar-refractivity contribution is -0.125. The second-order valence-corrected chi connectivity index (χ2v) is 5.58. The van der Waals surface area contributed by atoms with E-state index < -0.39 is 0 Å². The van der Waals surface area contributed by atoms with Crippen LogP contribution in [-0.2, 0) is 11.3 Å². The van der Waals surface area contributed by atoms with Crippen LogP contribution in [-0.4, -0.2) is 21.5 Å². The summed E-state index contributed by atoms with van der Waals surface area (Å²) >= 11 is 0. The average molecular weight is 361 g/mol. The molecule has 0 saturated carbocycles. The zero-order chi connectivity index (χ0) is 15.6. The number of aryl methyl sites for hydroxylation is 1. The Morgan fingerprint density at radius 2 is 1.87 bits per heavy atom. The molecule has 0 aliphatic heterocycles. The molecule has 0 bridgehead atoms. The molecule has 0 aliphatic rings. The van der Waals surface area contributed by atoms with Crippen LogP contribution >= 0.6 is 24.8 Å². The Labute approximate surface area is 149 Å². The second kappa shape index (κ2) is 9.11. The molecular formula is C16H26Cl2N4O. The molecule has 0 fully saturated rings. The summed E-state index contributed by atoms with van der Waals surface area (Å²) in [7, 11) is 0. The zero-order valence-corrected chi connectivity index (χ0v) is 15.6. The Hall–Kier alpha value is -1.30. The van der Waals surface area contributed by atoms with Crippen molar-refractivity contribution in [2.45, 2.75) is 46.3 Å². The molecule has 1 amide bonds. The maximum Gasteiger partial charge on any atom is 0.224 e. The molecule has 1 heterocycles. The molecule has 0 aliphatic carbocycles. The van der Waals surface area contributed by atoms with Gasteiger partial charge in [-0.3, -0.25) is 4.79 Å². The summed E-state index contributed by atoms with van der Waals surface area (Å²) in [6, 6.07) is 7.70. The van der Waals surface area contributed by atoms with Gasteiger partial charge >= 0.3 is 0 Å². The molecule has 23 heavy (non-hydrogen) atoms. The number of nitrogens with one attached hydrogen (secondary N) is 1. The van der Waals surface area contributed by atoms with Gasteiger partial charge in [-0.05, 0) is 32.9 Å². The molecule has 3 atom stereocenters. The standard InChI is InChI=1S/C16H24N4O.2ClH/c1-5-20-14-9-7-6-8-13(14)19-15(20)12(4)18-16(21)10(2)11(3)17;;/h6-12H,5,17H2,1-4H3,(H,18,21);2*1H. The van der Waals surface area contributed by atoms with Crippen LogP contribution in [0.5, 0.6) is 0 Å². The van der Waals surface area contributed by atoms with E-state index in [1.807, 2.05) is 39.0 Å². The number of hydrogen-bond donors (Lipinski definition) is 2. The first-order valence-corrected chi connectivity index (χ1v) is 7.46. The van der Waals surface area contributed by atoms with Gasteiger partial charge in [0.15, 0.2) is 0 Å². The van der Waals surface area contributed by atoms with Crippen LogP contribution < -0.4 is 11.1 Å². The topological polar surface area (TPSA) is 72.9 Å². The fourth-order valence-electron chi connectivity index (χ4n) is 2.41. The maximum atomic E-state index is 12.2. The van der Waals surface area contributed by atoms with E-state index in [9.17, 15) is 4.79 Å². The summed E-state index contributed by atoms with van der Waals surface area (Å²) in [5.41, 5.74) is 7.84. The van der Waals surface area contributed by atoms with Gasteiger partial charge in [-0.2, -0.15) is 0 Å². The Kier molecular flexibility index (Phi) is 8.59. The van der Waals surface area contributed by atoms with E-state index in [0.29, 0.717) is 0 Å². The molecule has 0 spiro atoms. The number of imidazole rings is 1. The van der Waals surface area contributed by atoms with Gasteiger partial charge in [-0.1, -0.05) is 19.1 Å². The van der Waals surface area contributed by atoms with Gasteiger partial charge in [0.25, 0.3) is 0 Å². The molecular weight excluding hydrogens is 335 g/mol. The molecule has 130 valence electrons. The largest absolute Gasteiger partial charge is 0.346 e. The highest BCUT2D eigenvalue weighted by Crippen LogP contribution is 2.21. The number of carbonyl (C=O) groups is 1. The van der Waals surface area contributed by atoms with Crippen LogP contribution in [0, 0.1) is 5.92 Å². The normalized spacial score (nSPS) is 14.3. The third-order valence-corrected chi connectivity index (χ3v) is 3.95. The Morgan fingerprint density at radius 1 is 1.26 bits per heavy atom. The van der Waals surface area contributed by atoms with Gasteiger partial charge in [0.2, 0.25) is 5.91 Å². The second-order valence-electron chi connectivity index (χ2n) is 5.58. The SMILES string of the molecule is CCn1c(C(C)NC(=O)C(C)C(C)N)nc2ccccc21.Cl.Cl. The summed E-state index contributed by atoms with van der Waals surface area (Å²) < 4.78 is 2.14. The molecule has 2 rings (SSSR count). The predicted molar refractivity (Wildman–Crippen MR) is 99.3 cm³/mol. The summed E-state index contributed by atoms with van der Waals surface area (Å²) in [4.78, 5) is 16.8. The van der Waals surface area contributed by atoms with Crippen molar-refractivity contribution in [3.05, 3.63) is 30.1 Å². The van der Waals surface area contributed by atoms with Crippen molar-refractivity contribution in [2.24, 2.45) is 11.7 Å². The van der Waals surface area contributed by atoms with Gasteiger partial charge in [0.05, 0.1) is 17.1 Å². The van der Waals surface area contributed by atoms with Gasteiger partial charge < -0.3 is 15.6 Å². The number of para-hydroxylation sites is 2. The molecule has 5 nitrogen and oxygen atoms in total. The molecule has 3 N–H and O–H groups in total. The summed E-state index contributed by atoms with van der Waals surface area (Å²) in [5, 5.41) is 3.01. The third-order valence-electron chi connectivity index (χ3n) is 3.95. The van der Waals surface area contributed by atoms with E-state index in [4.69, 9.17) is 5.73 Å². The molecule has 2 aromatic rings. The minimum Gasteiger partial charge on any atom is -0.346 e. The van der Waals surface area contributed by atoms with Crippen molar-refractivity contribution in [1.29, 1.82) is 0 Å². The van der Waals surface area contributed by atoms with Crippen molar-refractivity contribution < 1.29 is 4.79 Å². The Balaban J connectivity index is 0.00000242. The van der Waals surface area contributed by atoms with Crippen molar-refractivity contribution >= 4 is 41.8 Å². The lowest BCUT2D eigenvalue weighted by Crippen LogP contribution is -2.40. The van der Waals surface area contributed by atoms with Gasteiger partial charge in [0.1, 0.15) is 5.82 Å². The predicted octanol–water partition coefficient (Wildman–Crippen LogP) is 3.06. The first-order chi connectivity index (χ1) is 9.95. The monoisotopic (exact) mass is 360 g/mol. The Bertz CT molecular complexity index is 642. The van der Waals surface area contributed by atoms with Crippen molar-refractivity contribution in [3.8, 4) is 0 Å². The first kappa shape index (κ1) is 21.7. The van der Waals surface area contributed by atoms with E-state index in [0.717, 1.165) is 23.4 Å². The van der Waals surface area contributed by atoms with Crippen molar-refractivity contribution in [3.63, 3.8) is 0 Å². The van der Waals surface area contributed by atoms with Crippen molar-refractivity contribution in [2.75, 3.05) is 0 Å². The minimum atomic E-state index is -0.216. The zero-order valence-electron chi connectivity index (χ0n) is 13.9. The summed E-state index contributed by atoms with van der Waals surface area (Å²) in [6.07, 6.45) is 0. The van der Waals surface area contributed by atoms with Crippen LogP contribution in [0.25, 0.3) is 11.0 Å². The molecule has 3 unspecified atom stereocenters. The van der Waals surface area contributed by atoms with E-state index in [1.165, 1.54) is 0 Å². The fourth-order valence-corrected chi connectivity index (χ4v) is 2.41. The maximum absolute atomic E-state index is 12.2. The fraction of sp³-hybridized carbons (Fsp3) is 0.500. The average Bonchev–Trinajstić information content (AvgIpc) is 2.84. The number of nitrogens with zero attached hydrogens (tertiary/aromatic N) is 2. The highest BCUT2D eigenvalue weighted by molar-refractivity contribution is 5.85. The number of carbonyl (C=O) groups excluding carboxylic acids is 1. The van der Waals surface area contributed by atoms with E-state index in [2.05, 4.69) is 27.9 Å². The molecule has 1 aromatic carbocycles. The summed E-state index contributed by atoms with van der Waals surface area (Å²) in [5.74, 6) is 0.628. The molecule has 0 saturated heterocycles. The highest BCUT2D eigenvalue weighted by atomic mass is 35.5. The number of amides is 1. The van der Waals surface area contributed by atoms with Crippen LogP contribution in [0.4, 0.5) is 0 Å². The van der Waals surface area contributed by atoms with Crippen LogP contribution in [0.2, 0.25) is 0 Å². The number of rotatable bonds is 5. The van der Waals surface area contributed by atoms with E-state index in [1.54, 1.807) is 0 Å². The lowest BCUT2D eigenvalue weighted by Gasteiger charge is -2.20.